The summed E-state index contributed by atoms with van der Waals surface area (Å²) in [6.45, 7) is 3.42. The molecule has 27 heavy (non-hydrogen) atoms. The average molecular weight is 370 g/mol. The molecule has 7 heteroatoms. The molecule has 2 aromatic rings. The van der Waals surface area contributed by atoms with Gasteiger partial charge < -0.3 is 10.6 Å². The molecule has 142 valence electrons. The van der Waals surface area contributed by atoms with Crippen LogP contribution < -0.4 is 10.6 Å². The quantitative estimate of drug-likeness (QED) is 0.817. The van der Waals surface area contributed by atoms with Crippen molar-refractivity contribution >= 4 is 23.2 Å². The number of anilines is 2. The number of hydrogen-bond donors (Lipinski definition) is 2. The maximum atomic E-state index is 13.2. The second-order valence-electron chi connectivity index (χ2n) is 6.53. The van der Waals surface area contributed by atoms with Crippen LogP contribution in [0.3, 0.4) is 0 Å². The average Bonchev–Trinajstić information content (AvgIpc) is 2.64. The molecule has 0 aliphatic carbocycles. The van der Waals surface area contributed by atoms with E-state index in [1.165, 1.54) is 12.1 Å². The van der Waals surface area contributed by atoms with Crippen LogP contribution in [-0.4, -0.2) is 60.9 Å². The number of rotatable bonds is 6. The molecule has 1 aliphatic rings. The molecular formula is C20H23FN4O2. The summed E-state index contributed by atoms with van der Waals surface area (Å²) in [7, 11) is 0. The van der Waals surface area contributed by atoms with E-state index in [1.54, 1.807) is 12.1 Å². The van der Waals surface area contributed by atoms with Crippen LogP contribution in [0.2, 0.25) is 0 Å². The van der Waals surface area contributed by atoms with Gasteiger partial charge in [-0.15, -0.1) is 0 Å². The smallest absolute Gasteiger partial charge is 0.238 e. The highest BCUT2D eigenvalue weighted by atomic mass is 19.1. The van der Waals surface area contributed by atoms with Crippen molar-refractivity contribution in [1.82, 2.24) is 9.80 Å². The largest absolute Gasteiger partial charge is 0.325 e. The number of carbonyl (C=O) groups excluding carboxylic acids is 2. The fourth-order valence-corrected chi connectivity index (χ4v) is 3.00. The molecule has 1 fully saturated rings. The van der Waals surface area contributed by atoms with E-state index < -0.39 is 0 Å². The summed E-state index contributed by atoms with van der Waals surface area (Å²) in [6, 6.07) is 15.2. The molecular weight excluding hydrogens is 347 g/mol. The molecule has 3 rings (SSSR count). The Morgan fingerprint density at radius 1 is 0.778 bits per heavy atom. The fraction of sp³-hybridized carbons (Fsp3) is 0.300. The molecule has 0 radical (unpaired) electrons. The summed E-state index contributed by atoms with van der Waals surface area (Å²) in [5.74, 6) is -0.593. The van der Waals surface area contributed by atoms with Crippen LogP contribution in [0.1, 0.15) is 0 Å². The topological polar surface area (TPSA) is 64.7 Å². The minimum absolute atomic E-state index is 0.0431. The Hall–Kier alpha value is -2.77. The molecule has 0 unspecified atom stereocenters. The first-order chi connectivity index (χ1) is 13.1. The molecule has 0 aromatic heterocycles. The van der Waals surface area contributed by atoms with E-state index in [-0.39, 0.29) is 24.2 Å². The molecule has 0 spiro atoms. The molecule has 1 saturated heterocycles. The molecule has 2 aromatic carbocycles. The number of nitrogens with zero attached hydrogens (tertiary/aromatic N) is 2. The van der Waals surface area contributed by atoms with Crippen LogP contribution >= 0.6 is 0 Å². The van der Waals surface area contributed by atoms with E-state index in [1.807, 2.05) is 35.2 Å². The number of piperazine rings is 1. The zero-order chi connectivity index (χ0) is 19.1. The zero-order valence-electron chi connectivity index (χ0n) is 15.0. The highest BCUT2D eigenvalue weighted by Crippen LogP contribution is 2.10. The van der Waals surface area contributed by atoms with E-state index in [9.17, 15) is 14.0 Å². The first-order valence-electron chi connectivity index (χ1n) is 8.93. The van der Waals surface area contributed by atoms with Gasteiger partial charge in [-0.05, 0) is 30.3 Å². The van der Waals surface area contributed by atoms with Gasteiger partial charge in [-0.2, -0.15) is 0 Å². The number of carbonyl (C=O) groups is 2. The van der Waals surface area contributed by atoms with Crippen molar-refractivity contribution < 1.29 is 14.0 Å². The monoisotopic (exact) mass is 370 g/mol. The number of nitrogens with one attached hydrogen (secondary N) is 2. The summed E-state index contributed by atoms with van der Waals surface area (Å²) < 4.78 is 13.2. The second kappa shape index (κ2) is 9.25. The first-order valence-corrected chi connectivity index (χ1v) is 8.93. The lowest BCUT2D eigenvalue weighted by Crippen LogP contribution is -2.50. The van der Waals surface area contributed by atoms with Crippen LogP contribution in [0.25, 0.3) is 0 Å². The molecule has 0 atom stereocenters. The second-order valence-corrected chi connectivity index (χ2v) is 6.53. The van der Waals surface area contributed by atoms with Gasteiger partial charge in [-0.3, -0.25) is 19.4 Å². The Balaban J connectivity index is 1.38. The van der Waals surface area contributed by atoms with E-state index in [4.69, 9.17) is 0 Å². The van der Waals surface area contributed by atoms with Gasteiger partial charge in [0.25, 0.3) is 0 Å². The highest BCUT2D eigenvalue weighted by molar-refractivity contribution is 5.92. The van der Waals surface area contributed by atoms with Crippen LogP contribution in [0.4, 0.5) is 15.8 Å². The Bertz CT molecular complexity index is 777. The summed E-state index contributed by atoms with van der Waals surface area (Å²) in [6.07, 6.45) is 0. The van der Waals surface area contributed by atoms with Gasteiger partial charge in [0.2, 0.25) is 11.8 Å². The molecule has 1 aliphatic heterocycles. The normalized spacial score (nSPS) is 15.3. The number of hydrogen-bond acceptors (Lipinski definition) is 4. The van der Waals surface area contributed by atoms with Crippen molar-refractivity contribution in [3.63, 3.8) is 0 Å². The number of para-hydroxylation sites is 1. The Morgan fingerprint density at radius 3 is 1.85 bits per heavy atom. The summed E-state index contributed by atoms with van der Waals surface area (Å²) in [5, 5.41) is 5.58. The summed E-state index contributed by atoms with van der Waals surface area (Å²) >= 11 is 0. The molecule has 2 N–H and O–H groups in total. The highest BCUT2D eigenvalue weighted by Gasteiger charge is 2.20. The minimum atomic E-state index is -0.379. The van der Waals surface area contributed by atoms with Crippen molar-refractivity contribution in [2.75, 3.05) is 49.9 Å². The van der Waals surface area contributed by atoms with Crippen LogP contribution in [0, 0.1) is 5.82 Å². The van der Waals surface area contributed by atoms with Gasteiger partial charge in [0.15, 0.2) is 0 Å². The van der Waals surface area contributed by atoms with Crippen LogP contribution in [-0.2, 0) is 9.59 Å². The predicted molar refractivity (Wildman–Crippen MR) is 103 cm³/mol. The first kappa shape index (κ1) is 19.0. The number of benzene rings is 2. The summed E-state index contributed by atoms with van der Waals surface area (Å²) in [4.78, 5) is 28.3. The predicted octanol–water partition coefficient (Wildman–Crippen LogP) is 2.02. The lowest BCUT2D eigenvalue weighted by molar-refractivity contribution is -0.120. The zero-order valence-corrected chi connectivity index (χ0v) is 15.0. The van der Waals surface area contributed by atoms with Gasteiger partial charge in [0, 0.05) is 37.6 Å². The molecule has 2 amide bonds. The van der Waals surface area contributed by atoms with E-state index in [0.717, 1.165) is 18.8 Å². The SMILES string of the molecule is O=C(CN1CCN(CC(=O)Nc2cccc(F)c2)CC1)Nc1ccccc1. The maximum Gasteiger partial charge on any atom is 0.238 e. The van der Waals surface area contributed by atoms with Crippen LogP contribution in [0.5, 0.6) is 0 Å². The fourth-order valence-electron chi connectivity index (χ4n) is 3.00. The maximum absolute atomic E-state index is 13.2. The van der Waals surface area contributed by atoms with E-state index >= 15 is 0 Å². The van der Waals surface area contributed by atoms with Gasteiger partial charge >= 0.3 is 0 Å². The van der Waals surface area contributed by atoms with Crippen molar-refractivity contribution in [1.29, 1.82) is 0 Å². The van der Waals surface area contributed by atoms with Gasteiger partial charge in [-0.1, -0.05) is 24.3 Å². The Morgan fingerprint density at radius 2 is 1.30 bits per heavy atom. The molecule has 6 nitrogen and oxygen atoms in total. The van der Waals surface area contributed by atoms with E-state index in [2.05, 4.69) is 15.5 Å². The van der Waals surface area contributed by atoms with Crippen molar-refractivity contribution in [2.45, 2.75) is 0 Å². The number of halogens is 1. The minimum Gasteiger partial charge on any atom is -0.325 e. The van der Waals surface area contributed by atoms with Crippen molar-refractivity contribution in [2.24, 2.45) is 0 Å². The lowest BCUT2D eigenvalue weighted by Gasteiger charge is -2.33. The van der Waals surface area contributed by atoms with Crippen LogP contribution in [0.15, 0.2) is 54.6 Å². The lowest BCUT2D eigenvalue weighted by atomic mass is 10.2. The standard InChI is InChI=1S/C20H23FN4O2/c21-16-5-4-8-18(13-16)23-20(27)15-25-11-9-24(10-12-25)14-19(26)22-17-6-2-1-3-7-17/h1-8,13H,9-12,14-15H2,(H,22,26)(H,23,27). The third-order valence-electron chi connectivity index (χ3n) is 4.37. The third-order valence-corrected chi connectivity index (χ3v) is 4.37. The molecule has 1 heterocycles. The number of amides is 2. The van der Waals surface area contributed by atoms with Gasteiger partial charge in [-0.25, -0.2) is 4.39 Å². The van der Waals surface area contributed by atoms with Gasteiger partial charge in [0.1, 0.15) is 5.82 Å². The van der Waals surface area contributed by atoms with Crippen molar-refractivity contribution in [3.8, 4) is 0 Å². The Kier molecular flexibility index (Phi) is 6.51. The summed E-state index contributed by atoms with van der Waals surface area (Å²) in [5.41, 5.74) is 1.24. The molecule has 0 bridgehead atoms. The third kappa shape index (κ3) is 6.16. The van der Waals surface area contributed by atoms with Crippen molar-refractivity contribution in [3.05, 3.63) is 60.4 Å². The van der Waals surface area contributed by atoms with E-state index in [0.29, 0.717) is 25.3 Å². The molecule has 0 saturated carbocycles. The Labute approximate surface area is 158 Å². The van der Waals surface area contributed by atoms with Gasteiger partial charge in [0.05, 0.1) is 13.1 Å².